The third kappa shape index (κ3) is 4.48. The van der Waals surface area contributed by atoms with E-state index in [1.54, 1.807) is 17.0 Å². The van der Waals surface area contributed by atoms with Crippen LogP contribution in [0.3, 0.4) is 0 Å². The van der Waals surface area contributed by atoms with E-state index in [4.69, 9.17) is 0 Å². The normalized spacial score (nSPS) is 20.8. The van der Waals surface area contributed by atoms with Gasteiger partial charge in [0.1, 0.15) is 5.82 Å². The summed E-state index contributed by atoms with van der Waals surface area (Å²) in [6.45, 7) is 1.13. The number of para-hydroxylation sites is 1. The van der Waals surface area contributed by atoms with Crippen LogP contribution in [0.25, 0.3) is 0 Å². The smallest absolute Gasteiger partial charge is 0.247 e. The van der Waals surface area contributed by atoms with Crippen LogP contribution in [0.15, 0.2) is 53.4 Å². The summed E-state index contributed by atoms with van der Waals surface area (Å²) in [5.41, 5.74) is 1.52. The van der Waals surface area contributed by atoms with Gasteiger partial charge in [-0.2, -0.15) is 0 Å². The number of hydrogen-bond acceptors (Lipinski definition) is 4. The van der Waals surface area contributed by atoms with Gasteiger partial charge in [-0.05, 0) is 42.7 Å². The Morgan fingerprint density at radius 2 is 1.93 bits per heavy atom. The van der Waals surface area contributed by atoms with Crippen molar-refractivity contribution in [3.05, 3.63) is 59.9 Å². The van der Waals surface area contributed by atoms with E-state index >= 15 is 0 Å². The fourth-order valence-electron chi connectivity index (χ4n) is 3.71. The largest absolute Gasteiger partial charge is 0.352 e. The maximum atomic E-state index is 13.0. The fourth-order valence-corrected chi connectivity index (χ4v) is 4.78. The van der Waals surface area contributed by atoms with Crippen molar-refractivity contribution in [2.75, 3.05) is 18.4 Å². The van der Waals surface area contributed by atoms with Crippen LogP contribution < -0.4 is 10.6 Å². The Morgan fingerprint density at radius 3 is 2.73 bits per heavy atom. The first kappa shape index (κ1) is 20.4. The molecule has 2 atom stereocenters. The summed E-state index contributed by atoms with van der Waals surface area (Å²) < 4.78 is 13.0. The molecule has 2 aliphatic heterocycles. The van der Waals surface area contributed by atoms with Crippen molar-refractivity contribution in [2.45, 2.75) is 29.5 Å². The number of thioether (sulfide) groups is 1. The number of fused-ring (bicyclic) bond motifs is 1. The lowest BCUT2D eigenvalue weighted by Crippen LogP contribution is -2.50. The van der Waals surface area contributed by atoms with E-state index in [1.165, 1.54) is 23.9 Å². The van der Waals surface area contributed by atoms with E-state index in [-0.39, 0.29) is 29.5 Å². The van der Waals surface area contributed by atoms with E-state index in [0.717, 1.165) is 10.5 Å². The summed E-state index contributed by atoms with van der Waals surface area (Å²) in [5, 5.41) is 4.81. The third-order valence-corrected chi connectivity index (χ3v) is 6.60. The molecule has 2 N–H and O–H groups in total. The second-order valence-electron chi connectivity index (χ2n) is 7.45. The molecule has 0 unspecified atom stereocenters. The molecule has 4 rings (SSSR count). The van der Waals surface area contributed by atoms with Gasteiger partial charge >= 0.3 is 0 Å². The number of nitrogens with zero attached hydrogens (tertiary/aromatic N) is 1. The monoisotopic (exact) mass is 427 g/mol. The quantitative estimate of drug-likeness (QED) is 0.736. The highest BCUT2D eigenvalue weighted by Crippen LogP contribution is 2.36. The van der Waals surface area contributed by atoms with Crippen LogP contribution in [-0.4, -0.2) is 41.0 Å². The number of piperidine rings is 1. The second kappa shape index (κ2) is 8.87. The number of nitrogens with one attached hydrogen (secondary N) is 2. The SMILES string of the molecule is O=C(NCc1ccc(F)cc1)[C@H]1CCCN(C(=O)[C@H]2Sc3ccccc3NC2=O)C1. The Morgan fingerprint density at radius 1 is 1.17 bits per heavy atom. The molecule has 1 saturated heterocycles. The Hall–Kier alpha value is -2.87. The predicted molar refractivity (Wildman–Crippen MR) is 112 cm³/mol. The highest BCUT2D eigenvalue weighted by Gasteiger charge is 2.38. The van der Waals surface area contributed by atoms with Crippen molar-refractivity contribution in [3.8, 4) is 0 Å². The van der Waals surface area contributed by atoms with Gasteiger partial charge in [0.2, 0.25) is 17.7 Å². The molecule has 2 heterocycles. The summed E-state index contributed by atoms with van der Waals surface area (Å²) in [5.74, 6) is -1.37. The van der Waals surface area contributed by atoms with Crippen molar-refractivity contribution in [3.63, 3.8) is 0 Å². The molecule has 2 aromatic rings. The number of rotatable bonds is 4. The van der Waals surface area contributed by atoms with Crippen LogP contribution in [0.2, 0.25) is 0 Å². The van der Waals surface area contributed by atoms with Gasteiger partial charge in [0.05, 0.1) is 11.6 Å². The minimum Gasteiger partial charge on any atom is -0.352 e. The molecule has 8 heteroatoms. The molecule has 30 heavy (non-hydrogen) atoms. The van der Waals surface area contributed by atoms with Gasteiger partial charge < -0.3 is 15.5 Å². The average molecular weight is 428 g/mol. The molecule has 0 radical (unpaired) electrons. The van der Waals surface area contributed by atoms with Gasteiger partial charge in [-0.3, -0.25) is 14.4 Å². The lowest BCUT2D eigenvalue weighted by molar-refractivity contribution is -0.137. The molecule has 156 valence electrons. The molecule has 0 aliphatic carbocycles. The van der Waals surface area contributed by atoms with Crippen LogP contribution in [-0.2, 0) is 20.9 Å². The first-order valence-electron chi connectivity index (χ1n) is 9.89. The van der Waals surface area contributed by atoms with Gasteiger partial charge in [0.15, 0.2) is 5.25 Å². The number of carbonyl (C=O) groups excluding carboxylic acids is 3. The summed E-state index contributed by atoms with van der Waals surface area (Å²) in [7, 11) is 0. The van der Waals surface area contributed by atoms with Gasteiger partial charge in [-0.1, -0.05) is 24.3 Å². The van der Waals surface area contributed by atoms with Crippen molar-refractivity contribution in [1.82, 2.24) is 10.2 Å². The zero-order valence-electron chi connectivity index (χ0n) is 16.3. The lowest BCUT2D eigenvalue weighted by atomic mass is 9.96. The van der Waals surface area contributed by atoms with E-state index < -0.39 is 5.25 Å². The number of amides is 3. The Labute approximate surface area is 178 Å². The van der Waals surface area contributed by atoms with Crippen LogP contribution in [0.1, 0.15) is 18.4 Å². The minimum absolute atomic E-state index is 0.136. The lowest BCUT2D eigenvalue weighted by Gasteiger charge is -2.35. The first-order valence-corrected chi connectivity index (χ1v) is 10.8. The van der Waals surface area contributed by atoms with E-state index in [0.29, 0.717) is 38.2 Å². The third-order valence-electron chi connectivity index (χ3n) is 5.34. The van der Waals surface area contributed by atoms with Crippen molar-refractivity contribution < 1.29 is 18.8 Å². The number of carbonyl (C=O) groups is 3. The summed E-state index contributed by atoms with van der Waals surface area (Å²) >= 11 is 1.25. The maximum Gasteiger partial charge on any atom is 0.247 e. The second-order valence-corrected chi connectivity index (χ2v) is 8.60. The maximum absolute atomic E-state index is 13.0. The van der Waals surface area contributed by atoms with Crippen LogP contribution in [0, 0.1) is 11.7 Å². The average Bonchev–Trinajstić information content (AvgIpc) is 2.77. The minimum atomic E-state index is -0.846. The molecule has 6 nitrogen and oxygen atoms in total. The van der Waals surface area contributed by atoms with Crippen molar-refractivity contribution in [1.29, 1.82) is 0 Å². The molecular formula is C22H22FN3O3S. The van der Waals surface area contributed by atoms with Gasteiger partial charge in [0.25, 0.3) is 0 Å². The summed E-state index contributed by atoms with van der Waals surface area (Å²) in [4.78, 5) is 40.6. The zero-order chi connectivity index (χ0) is 21.1. The van der Waals surface area contributed by atoms with E-state index in [9.17, 15) is 18.8 Å². The number of halogens is 1. The molecule has 2 aromatic carbocycles. The molecule has 0 aromatic heterocycles. The zero-order valence-corrected chi connectivity index (χ0v) is 17.1. The van der Waals surface area contributed by atoms with E-state index in [2.05, 4.69) is 10.6 Å². The van der Waals surface area contributed by atoms with Crippen molar-refractivity contribution in [2.24, 2.45) is 5.92 Å². The topological polar surface area (TPSA) is 78.5 Å². The molecule has 0 spiro atoms. The highest BCUT2D eigenvalue weighted by molar-refractivity contribution is 8.01. The number of anilines is 1. The Kier molecular flexibility index (Phi) is 6.03. The van der Waals surface area contributed by atoms with Crippen LogP contribution in [0.4, 0.5) is 10.1 Å². The number of benzene rings is 2. The van der Waals surface area contributed by atoms with E-state index in [1.807, 2.05) is 24.3 Å². The fraction of sp³-hybridized carbons (Fsp3) is 0.318. The molecule has 0 bridgehead atoms. The molecular weight excluding hydrogens is 405 g/mol. The number of likely N-dealkylation sites (tertiary alicyclic amines) is 1. The van der Waals surface area contributed by atoms with Crippen LogP contribution >= 0.6 is 11.8 Å². The highest BCUT2D eigenvalue weighted by atomic mass is 32.2. The summed E-state index contributed by atoms with van der Waals surface area (Å²) in [6.07, 6.45) is 1.39. The standard InChI is InChI=1S/C22H22FN3O3S/c23-16-9-7-14(8-10-16)12-24-20(27)15-4-3-11-26(13-15)22(29)19-21(28)25-17-5-1-2-6-18(17)30-19/h1-2,5-10,15,19H,3-4,11-13H2,(H,24,27)(H,25,28)/t15-,19-/m0/s1. The summed E-state index contributed by atoms with van der Waals surface area (Å²) in [6, 6.07) is 13.4. The van der Waals surface area contributed by atoms with Crippen molar-refractivity contribution >= 4 is 35.2 Å². The molecule has 0 saturated carbocycles. The van der Waals surface area contributed by atoms with Gasteiger partial charge in [-0.25, -0.2) is 4.39 Å². The van der Waals surface area contributed by atoms with Gasteiger partial charge in [-0.15, -0.1) is 11.8 Å². The Balaban J connectivity index is 1.36. The molecule has 3 amide bonds. The van der Waals surface area contributed by atoms with Crippen LogP contribution in [0.5, 0.6) is 0 Å². The van der Waals surface area contributed by atoms with Gasteiger partial charge in [0, 0.05) is 24.5 Å². The molecule has 2 aliphatic rings. The Bertz CT molecular complexity index is 966. The first-order chi connectivity index (χ1) is 14.5. The number of hydrogen-bond donors (Lipinski definition) is 2. The molecule has 1 fully saturated rings. The predicted octanol–water partition coefficient (Wildman–Crippen LogP) is 2.79.